The van der Waals surface area contributed by atoms with Gasteiger partial charge in [0.2, 0.25) is 0 Å². The first-order chi connectivity index (χ1) is 13.5. The molecule has 2 heterocycles. The standard InChI is InChI=1S/C20H18ClN3O4/c1-13(20(26)22-14-6-8-15(27-2)9-7-14)28-18(25)11-10-16-19(21)23-17-5-3-4-12-24(16)17/h3-13H,1-2H3,(H,22,26)/b11-10+/t13-/m0/s1. The van der Waals surface area contributed by atoms with Gasteiger partial charge in [0.25, 0.3) is 5.91 Å². The lowest BCUT2D eigenvalue weighted by molar-refractivity contribution is -0.148. The summed E-state index contributed by atoms with van der Waals surface area (Å²) in [5.41, 5.74) is 1.78. The molecule has 0 saturated heterocycles. The highest BCUT2D eigenvalue weighted by Crippen LogP contribution is 2.19. The highest BCUT2D eigenvalue weighted by atomic mass is 35.5. The number of carbonyl (C=O) groups is 2. The van der Waals surface area contributed by atoms with Crippen LogP contribution in [-0.2, 0) is 14.3 Å². The molecule has 0 aliphatic heterocycles. The first kappa shape index (κ1) is 19.4. The summed E-state index contributed by atoms with van der Waals surface area (Å²) in [6.45, 7) is 1.49. The lowest BCUT2D eigenvalue weighted by Crippen LogP contribution is -2.29. The van der Waals surface area contributed by atoms with Crippen LogP contribution in [-0.4, -0.2) is 34.5 Å². The zero-order chi connectivity index (χ0) is 20.1. The van der Waals surface area contributed by atoms with Crippen molar-refractivity contribution in [2.75, 3.05) is 12.4 Å². The van der Waals surface area contributed by atoms with Gasteiger partial charge in [0.15, 0.2) is 11.3 Å². The number of imidazole rings is 1. The molecule has 3 aromatic rings. The molecule has 0 fully saturated rings. The number of nitrogens with one attached hydrogen (secondary N) is 1. The summed E-state index contributed by atoms with van der Waals surface area (Å²) < 4.78 is 11.9. The molecule has 1 amide bonds. The fraction of sp³-hybridized carbons (Fsp3) is 0.150. The monoisotopic (exact) mass is 399 g/mol. The minimum Gasteiger partial charge on any atom is -0.497 e. The van der Waals surface area contributed by atoms with E-state index in [2.05, 4.69) is 10.3 Å². The number of hydrogen-bond acceptors (Lipinski definition) is 5. The van der Waals surface area contributed by atoms with E-state index in [9.17, 15) is 9.59 Å². The number of fused-ring (bicyclic) bond motifs is 1. The van der Waals surface area contributed by atoms with E-state index >= 15 is 0 Å². The Bertz CT molecular complexity index is 1030. The van der Waals surface area contributed by atoms with Crippen LogP contribution in [0, 0.1) is 0 Å². The van der Waals surface area contributed by atoms with E-state index in [-0.39, 0.29) is 5.15 Å². The predicted molar refractivity (Wildman–Crippen MR) is 106 cm³/mol. The van der Waals surface area contributed by atoms with Gasteiger partial charge in [-0.2, -0.15) is 0 Å². The summed E-state index contributed by atoms with van der Waals surface area (Å²) in [5, 5.41) is 2.93. The quantitative estimate of drug-likeness (QED) is 0.506. The first-order valence-corrected chi connectivity index (χ1v) is 8.82. The third kappa shape index (κ3) is 4.50. The summed E-state index contributed by atoms with van der Waals surface area (Å²) in [6, 6.07) is 12.3. The van der Waals surface area contributed by atoms with Crippen molar-refractivity contribution in [3.8, 4) is 5.75 Å². The molecule has 0 bridgehead atoms. The van der Waals surface area contributed by atoms with Crippen LogP contribution in [0.25, 0.3) is 11.7 Å². The molecule has 7 nitrogen and oxygen atoms in total. The third-order valence-electron chi connectivity index (χ3n) is 3.92. The SMILES string of the molecule is COc1ccc(NC(=O)[C@H](C)OC(=O)/C=C/c2c(Cl)nc3ccccn23)cc1. The number of amides is 1. The van der Waals surface area contributed by atoms with Crippen LogP contribution < -0.4 is 10.1 Å². The van der Waals surface area contributed by atoms with Crippen LogP contribution in [0.2, 0.25) is 5.15 Å². The second-order valence-electron chi connectivity index (χ2n) is 5.85. The van der Waals surface area contributed by atoms with Gasteiger partial charge in [0.1, 0.15) is 11.4 Å². The molecule has 0 saturated carbocycles. The Kier molecular flexibility index (Phi) is 5.96. The maximum Gasteiger partial charge on any atom is 0.331 e. The summed E-state index contributed by atoms with van der Waals surface area (Å²) >= 11 is 6.11. The number of pyridine rings is 1. The number of nitrogens with zero attached hydrogens (tertiary/aromatic N) is 2. The van der Waals surface area contributed by atoms with Crippen LogP contribution >= 0.6 is 11.6 Å². The van der Waals surface area contributed by atoms with E-state index in [1.54, 1.807) is 48.0 Å². The molecular formula is C20H18ClN3O4. The molecule has 1 aromatic carbocycles. The van der Waals surface area contributed by atoms with Crippen molar-refractivity contribution in [1.82, 2.24) is 9.38 Å². The van der Waals surface area contributed by atoms with Gasteiger partial charge in [-0.25, -0.2) is 9.78 Å². The van der Waals surface area contributed by atoms with Crippen molar-refractivity contribution in [3.05, 3.63) is 65.6 Å². The minimum atomic E-state index is -0.975. The van der Waals surface area contributed by atoms with Crippen LogP contribution in [0.5, 0.6) is 5.75 Å². The molecule has 3 rings (SSSR count). The number of ether oxygens (including phenoxy) is 2. The van der Waals surface area contributed by atoms with E-state index in [1.165, 1.54) is 19.1 Å². The number of benzene rings is 1. The van der Waals surface area contributed by atoms with Gasteiger partial charge in [0, 0.05) is 18.0 Å². The summed E-state index contributed by atoms with van der Waals surface area (Å²) in [5.74, 6) is -0.437. The Morgan fingerprint density at radius 3 is 2.68 bits per heavy atom. The van der Waals surface area contributed by atoms with Gasteiger partial charge in [0.05, 0.1) is 12.8 Å². The van der Waals surface area contributed by atoms with Crippen LogP contribution in [0.4, 0.5) is 5.69 Å². The third-order valence-corrected chi connectivity index (χ3v) is 4.20. The largest absolute Gasteiger partial charge is 0.497 e. The van der Waals surface area contributed by atoms with Crippen molar-refractivity contribution < 1.29 is 19.1 Å². The van der Waals surface area contributed by atoms with E-state index in [0.29, 0.717) is 22.8 Å². The summed E-state index contributed by atoms with van der Waals surface area (Å²) in [4.78, 5) is 28.4. The van der Waals surface area contributed by atoms with E-state index in [0.717, 1.165) is 0 Å². The van der Waals surface area contributed by atoms with E-state index in [4.69, 9.17) is 21.1 Å². The molecule has 1 atom stereocenters. The Morgan fingerprint density at radius 1 is 1.21 bits per heavy atom. The fourth-order valence-electron chi connectivity index (χ4n) is 2.47. The van der Waals surface area contributed by atoms with Gasteiger partial charge in [-0.15, -0.1) is 0 Å². The maximum absolute atomic E-state index is 12.2. The average molecular weight is 400 g/mol. The Labute approximate surface area is 166 Å². The Balaban J connectivity index is 1.60. The number of rotatable bonds is 6. The highest BCUT2D eigenvalue weighted by Gasteiger charge is 2.17. The average Bonchev–Trinajstić information content (AvgIpc) is 3.01. The van der Waals surface area contributed by atoms with E-state index < -0.39 is 18.0 Å². The number of esters is 1. The molecule has 1 N–H and O–H groups in total. The lowest BCUT2D eigenvalue weighted by atomic mass is 10.3. The molecule has 0 unspecified atom stereocenters. The lowest BCUT2D eigenvalue weighted by Gasteiger charge is -2.12. The van der Waals surface area contributed by atoms with Crippen molar-refractivity contribution >= 4 is 40.9 Å². The van der Waals surface area contributed by atoms with Gasteiger partial charge in [-0.1, -0.05) is 17.7 Å². The Morgan fingerprint density at radius 2 is 1.96 bits per heavy atom. The van der Waals surface area contributed by atoms with Gasteiger partial charge >= 0.3 is 5.97 Å². The summed E-state index contributed by atoms with van der Waals surface area (Å²) in [6.07, 6.45) is 3.51. The van der Waals surface area contributed by atoms with Crippen molar-refractivity contribution in [1.29, 1.82) is 0 Å². The number of hydrogen-bond donors (Lipinski definition) is 1. The normalized spacial score (nSPS) is 12.1. The van der Waals surface area contributed by atoms with Crippen LogP contribution in [0.3, 0.4) is 0 Å². The Hall–Kier alpha value is -3.32. The number of carbonyl (C=O) groups excluding carboxylic acids is 2. The van der Waals surface area contributed by atoms with Gasteiger partial charge in [-0.3, -0.25) is 9.20 Å². The number of aromatic nitrogens is 2. The zero-order valence-corrected chi connectivity index (χ0v) is 16.0. The second kappa shape index (κ2) is 8.58. The topological polar surface area (TPSA) is 81.9 Å². The predicted octanol–water partition coefficient (Wildman–Crippen LogP) is 3.58. The summed E-state index contributed by atoms with van der Waals surface area (Å²) in [7, 11) is 1.56. The smallest absolute Gasteiger partial charge is 0.331 e. The molecule has 0 aliphatic carbocycles. The molecule has 144 valence electrons. The van der Waals surface area contributed by atoms with Gasteiger partial charge < -0.3 is 14.8 Å². The van der Waals surface area contributed by atoms with Crippen molar-refractivity contribution in [2.24, 2.45) is 0 Å². The van der Waals surface area contributed by atoms with Crippen molar-refractivity contribution in [2.45, 2.75) is 13.0 Å². The molecule has 0 aliphatic rings. The van der Waals surface area contributed by atoms with Crippen molar-refractivity contribution in [3.63, 3.8) is 0 Å². The van der Waals surface area contributed by atoms with Crippen LogP contribution in [0.1, 0.15) is 12.6 Å². The molecule has 8 heteroatoms. The number of methoxy groups -OCH3 is 1. The molecule has 2 aromatic heterocycles. The highest BCUT2D eigenvalue weighted by molar-refractivity contribution is 6.31. The maximum atomic E-state index is 12.2. The molecular weight excluding hydrogens is 382 g/mol. The fourth-order valence-corrected chi connectivity index (χ4v) is 2.71. The number of halogens is 1. The zero-order valence-electron chi connectivity index (χ0n) is 15.3. The second-order valence-corrected chi connectivity index (χ2v) is 6.20. The van der Waals surface area contributed by atoms with Crippen LogP contribution in [0.15, 0.2) is 54.7 Å². The first-order valence-electron chi connectivity index (χ1n) is 8.44. The van der Waals surface area contributed by atoms with Gasteiger partial charge in [-0.05, 0) is 49.4 Å². The minimum absolute atomic E-state index is 0.264. The molecule has 0 spiro atoms. The molecule has 28 heavy (non-hydrogen) atoms. The molecule has 0 radical (unpaired) electrons. The van der Waals surface area contributed by atoms with E-state index in [1.807, 2.05) is 12.1 Å². The number of anilines is 1.